The largest absolute Gasteiger partial charge is 0.481 e. The third kappa shape index (κ3) is 0.826. The summed E-state index contributed by atoms with van der Waals surface area (Å²) in [5.41, 5.74) is 10.5. The minimum atomic E-state index is -0.710. The van der Waals surface area contributed by atoms with Crippen molar-refractivity contribution in [2.75, 3.05) is 0 Å². The van der Waals surface area contributed by atoms with Crippen LogP contribution in [0.15, 0.2) is 34.4 Å². The molecule has 3 nitrogen and oxygen atoms in total. The average molecular weight is 189 g/mol. The Morgan fingerprint density at radius 3 is 2.93 bits per heavy atom. The molecule has 0 saturated heterocycles. The van der Waals surface area contributed by atoms with Crippen molar-refractivity contribution < 1.29 is 9.90 Å². The van der Waals surface area contributed by atoms with E-state index in [0.717, 1.165) is 12.0 Å². The van der Waals surface area contributed by atoms with Crippen LogP contribution in [0.25, 0.3) is 0 Å². The number of hydrogen-bond acceptors (Lipinski definition) is 2. The molecule has 3 rings (SSSR count). The molecular weight excluding hydrogens is 178 g/mol. The van der Waals surface area contributed by atoms with Crippen molar-refractivity contribution in [2.45, 2.75) is 18.9 Å². The maximum absolute atomic E-state index is 10.9. The van der Waals surface area contributed by atoms with Crippen LogP contribution in [-0.2, 0) is 4.79 Å². The molecule has 3 aliphatic carbocycles. The summed E-state index contributed by atoms with van der Waals surface area (Å²) in [7, 11) is 0. The monoisotopic (exact) mass is 189 g/mol. The maximum Gasteiger partial charge on any atom is 0.311 e. The number of hydrogen-bond donors (Lipinski definition) is 2. The first kappa shape index (κ1) is 8.00. The molecule has 2 atom stereocenters. The van der Waals surface area contributed by atoms with Crippen LogP contribution in [0, 0.1) is 5.92 Å². The fourth-order valence-corrected chi connectivity index (χ4v) is 2.69. The van der Waals surface area contributed by atoms with Crippen LogP contribution in [0.1, 0.15) is 12.8 Å². The van der Waals surface area contributed by atoms with Crippen LogP contribution in [-0.4, -0.2) is 17.1 Å². The van der Waals surface area contributed by atoms with Crippen molar-refractivity contribution in [3.8, 4) is 0 Å². The molecule has 3 N–H and O–H groups in total. The molecule has 3 aliphatic rings. The number of carbonyl (C=O) groups is 1. The van der Waals surface area contributed by atoms with Gasteiger partial charge in [0, 0.05) is 6.04 Å². The van der Waals surface area contributed by atoms with Gasteiger partial charge in [-0.15, -0.1) is 0 Å². The standard InChI is InChI=1S/C11H11NO2/c12-6-1-5-2-8-9(3-6)7(5)4-10(8)11(13)14/h1-2,6,10H,3-4,12H2,(H,13,14). The molecule has 0 aromatic carbocycles. The van der Waals surface area contributed by atoms with E-state index in [1.165, 1.54) is 16.7 Å². The van der Waals surface area contributed by atoms with E-state index in [-0.39, 0.29) is 12.0 Å². The predicted molar refractivity (Wildman–Crippen MR) is 51.5 cm³/mol. The highest BCUT2D eigenvalue weighted by atomic mass is 16.4. The Balaban J connectivity index is 2.05. The van der Waals surface area contributed by atoms with Gasteiger partial charge in [0.25, 0.3) is 0 Å². The van der Waals surface area contributed by atoms with E-state index >= 15 is 0 Å². The highest BCUT2D eigenvalue weighted by molar-refractivity contribution is 5.82. The molecule has 0 heterocycles. The molecule has 72 valence electrons. The smallest absolute Gasteiger partial charge is 0.311 e. The van der Waals surface area contributed by atoms with E-state index in [1.54, 1.807) is 0 Å². The molecule has 0 saturated carbocycles. The summed E-state index contributed by atoms with van der Waals surface area (Å²) in [5, 5.41) is 9.00. The van der Waals surface area contributed by atoms with Gasteiger partial charge in [-0.2, -0.15) is 0 Å². The van der Waals surface area contributed by atoms with Gasteiger partial charge < -0.3 is 10.8 Å². The second-order valence-corrected chi connectivity index (χ2v) is 4.14. The van der Waals surface area contributed by atoms with E-state index in [1.807, 2.05) is 12.2 Å². The Kier molecular flexibility index (Phi) is 1.35. The van der Waals surface area contributed by atoms with Crippen molar-refractivity contribution in [1.82, 2.24) is 0 Å². The third-order valence-corrected chi connectivity index (χ3v) is 3.29. The van der Waals surface area contributed by atoms with E-state index in [4.69, 9.17) is 10.8 Å². The van der Waals surface area contributed by atoms with Gasteiger partial charge in [-0.05, 0) is 35.1 Å². The van der Waals surface area contributed by atoms with Gasteiger partial charge in [0.15, 0.2) is 0 Å². The fourth-order valence-electron chi connectivity index (χ4n) is 2.69. The van der Waals surface area contributed by atoms with Crippen LogP contribution in [0.5, 0.6) is 0 Å². The number of carboxylic acid groups (broad SMARTS) is 1. The minimum Gasteiger partial charge on any atom is -0.481 e. The van der Waals surface area contributed by atoms with Gasteiger partial charge in [0.1, 0.15) is 0 Å². The van der Waals surface area contributed by atoms with Crippen LogP contribution in [0.3, 0.4) is 0 Å². The van der Waals surface area contributed by atoms with Crippen LogP contribution in [0.2, 0.25) is 0 Å². The lowest BCUT2D eigenvalue weighted by Gasteiger charge is -2.14. The number of nitrogens with two attached hydrogens (primary N) is 1. The number of rotatable bonds is 1. The van der Waals surface area contributed by atoms with Gasteiger partial charge in [0.2, 0.25) is 0 Å². The number of carboxylic acids is 1. The second kappa shape index (κ2) is 2.36. The first-order chi connectivity index (χ1) is 6.66. The van der Waals surface area contributed by atoms with Gasteiger partial charge in [-0.3, -0.25) is 4.79 Å². The molecule has 2 unspecified atom stereocenters. The Hall–Kier alpha value is -1.35. The lowest BCUT2D eigenvalue weighted by Crippen LogP contribution is -2.19. The fraction of sp³-hybridized carbons (Fsp3) is 0.364. The normalized spacial score (nSPS) is 33.2. The summed E-state index contributed by atoms with van der Waals surface area (Å²) in [5.74, 6) is -1.01. The number of aliphatic carboxylic acids is 1. The lowest BCUT2D eigenvalue weighted by molar-refractivity contribution is -0.140. The average Bonchev–Trinajstić information content (AvgIpc) is 2.55. The van der Waals surface area contributed by atoms with Crippen LogP contribution >= 0.6 is 0 Å². The molecule has 0 amide bonds. The Morgan fingerprint density at radius 2 is 2.21 bits per heavy atom. The summed E-state index contributed by atoms with van der Waals surface area (Å²) in [6.45, 7) is 0. The maximum atomic E-state index is 10.9. The van der Waals surface area contributed by atoms with E-state index in [0.29, 0.717) is 6.42 Å². The quantitative estimate of drug-likeness (QED) is 0.646. The first-order valence-electron chi connectivity index (χ1n) is 4.81. The molecule has 0 spiro atoms. The predicted octanol–water partition coefficient (Wildman–Crippen LogP) is 0.985. The zero-order chi connectivity index (χ0) is 9.87. The van der Waals surface area contributed by atoms with Crippen molar-refractivity contribution in [3.63, 3.8) is 0 Å². The zero-order valence-corrected chi connectivity index (χ0v) is 7.66. The third-order valence-electron chi connectivity index (χ3n) is 3.29. The molecule has 0 fully saturated rings. The molecule has 0 aromatic rings. The van der Waals surface area contributed by atoms with Gasteiger partial charge in [-0.1, -0.05) is 12.2 Å². The molecule has 0 radical (unpaired) electrons. The van der Waals surface area contributed by atoms with Crippen molar-refractivity contribution in [1.29, 1.82) is 0 Å². The summed E-state index contributed by atoms with van der Waals surface area (Å²) in [6.07, 6.45) is 5.53. The molecule has 3 heteroatoms. The van der Waals surface area contributed by atoms with Gasteiger partial charge >= 0.3 is 5.97 Å². The Labute approximate surface area is 81.6 Å². The first-order valence-corrected chi connectivity index (χ1v) is 4.81. The Bertz CT molecular complexity index is 429. The zero-order valence-electron chi connectivity index (χ0n) is 7.66. The van der Waals surface area contributed by atoms with Crippen molar-refractivity contribution >= 4 is 5.97 Å². The van der Waals surface area contributed by atoms with Gasteiger partial charge in [0.05, 0.1) is 5.92 Å². The summed E-state index contributed by atoms with van der Waals surface area (Å²) >= 11 is 0. The summed E-state index contributed by atoms with van der Waals surface area (Å²) < 4.78 is 0. The van der Waals surface area contributed by atoms with Crippen molar-refractivity contribution in [2.24, 2.45) is 11.7 Å². The van der Waals surface area contributed by atoms with E-state index in [2.05, 4.69) is 0 Å². The van der Waals surface area contributed by atoms with E-state index < -0.39 is 5.97 Å². The molecule has 0 aromatic heterocycles. The van der Waals surface area contributed by atoms with Crippen molar-refractivity contribution in [3.05, 3.63) is 34.4 Å². The molecule has 4 bridgehead atoms. The molecular formula is C11H11NO2. The molecule has 0 aliphatic heterocycles. The number of allylic oxidation sites excluding steroid dienone is 3. The van der Waals surface area contributed by atoms with E-state index in [9.17, 15) is 4.79 Å². The topological polar surface area (TPSA) is 63.3 Å². The van der Waals surface area contributed by atoms with Crippen LogP contribution < -0.4 is 5.73 Å². The lowest BCUT2D eigenvalue weighted by atomic mass is 9.92. The highest BCUT2D eigenvalue weighted by Crippen LogP contribution is 2.50. The Morgan fingerprint density at radius 1 is 1.43 bits per heavy atom. The van der Waals surface area contributed by atoms with Crippen LogP contribution in [0.4, 0.5) is 0 Å². The summed E-state index contributed by atoms with van der Waals surface area (Å²) in [4.78, 5) is 10.9. The molecule has 14 heavy (non-hydrogen) atoms. The second-order valence-electron chi connectivity index (χ2n) is 4.14. The summed E-state index contributed by atoms with van der Waals surface area (Å²) in [6, 6.07) is 0.0741. The SMILES string of the molecule is NC1C=C2C=C3C(=C2CC3C(=O)O)C1. The van der Waals surface area contributed by atoms with Gasteiger partial charge in [-0.25, -0.2) is 0 Å². The highest BCUT2D eigenvalue weighted by Gasteiger charge is 2.41. The minimum absolute atomic E-state index is 0.0741.